The number of pyridine rings is 1. The number of carbonyl (C=O) groups excluding carboxylic acids is 2. The van der Waals surface area contributed by atoms with Gasteiger partial charge >= 0.3 is 0 Å². The molecule has 1 atom stereocenters. The minimum atomic E-state index is -0.711. The van der Waals surface area contributed by atoms with E-state index in [9.17, 15) is 14.7 Å². The Morgan fingerprint density at radius 1 is 1.00 bits per heavy atom. The van der Waals surface area contributed by atoms with Crippen molar-refractivity contribution in [1.82, 2.24) is 4.98 Å². The van der Waals surface area contributed by atoms with Crippen LogP contribution in [0.4, 0.5) is 5.69 Å². The zero-order chi connectivity index (χ0) is 21.8. The quantitative estimate of drug-likeness (QED) is 0.608. The smallest absolute Gasteiger partial charge is 0.294 e. The molecule has 5 nitrogen and oxygen atoms in total. The average molecular weight is 412 g/mol. The summed E-state index contributed by atoms with van der Waals surface area (Å²) in [7, 11) is 0. The van der Waals surface area contributed by atoms with E-state index in [4.69, 9.17) is 0 Å². The molecule has 0 fully saturated rings. The Balaban J connectivity index is 1.70. The van der Waals surface area contributed by atoms with Gasteiger partial charge in [-0.1, -0.05) is 55.5 Å². The second-order valence-corrected chi connectivity index (χ2v) is 7.56. The Morgan fingerprint density at radius 3 is 2.39 bits per heavy atom. The maximum atomic E-state index is 13.2. The predicted octanol–water partition coefficient (Wildman–Crippen LogP) is 4.75. The number of anilines is 1. The van der Waals surface area contributed by atoms with Crippen molar-refractivity contribution in [3.63, 3.8) is 0 Å². The first-order chi connectivity index (χ1) is 15.1. The van der Waals surface area contributed by atoms with Crippen LogP contribution in [0.1, 0.15) is 36.1 Å². The Morgan fingerprint density at radius 2 is 1.74 bits per heavy atom. The molecule has 0 bridgehead atoms. The average Bonchev–Trinajstić information content (AvgIpc) is 3.09. The van der Waals surface area contributed by atoms with Crippen LogP contribution in [0, 0.1) is 0 Å². The highest BCUT2D eigenvalue weighted by Crippen LogP contribution is 2.41. The standard InChI is InChI=1S/C26H24N2O3/c1-2-18-10-13-21(14-11-18)28-24(20-9-6-16-27-17-20)23(25(30)26(28)31)22(29)15-12-19-7-4-3-5-8-19/h3-11,13-14,16-17,24,30H,2,12,15H2,1H3. The molecule has 0 spiro atoms. The summed E-state index contributed by atoms with van der Waals surface area (Å²) in [6, 6.07) is 20.2. The number of carbonyl (C=O) groups is 2. The molecule has 1 aliphatic rings. The van der Waals surface area contributed by atoms with Gasteiger partial charge in [0.15, 0.2) is 11.5 Å². The second-order valence-electron chi connectivity index (χ2n) is 7.56. The number of aromatic nitrogens is 1. The van der Waals surface area contributed by atoms with Gasteiger partial charge in [-0.15, -0.1) is 0 Å². The van der Waals surface area contributed by atoms with Gasteiger partial charge in [0.2, 0.25) is 0 Å². The van der Waals surface area contributed by atoms with Crippen molar-refractivity contribution < 1.29 is 14.7 Å². The number of aliphatic hydroxyl groups is 1. The van der Waals surface area contributed by atoms with Gasteiger partial charge in [0, 0.05) is 24.5 Å². The first-order valence-electron chi connectivity index (χ1n) is 10.4. The summed E-state index contributed by atoms with van der Waals surface area (Å²) in [6.45, 7) is 2.06. The number of aryl methyl sites for hydroxylation is 2. The molecule has 1 unspecified atom stereocenters. The van der Waals surface area contributed by atoms with E-state index in [1.807, 2.05) is 60.7 Å². The second kappa shape index (κ2) is 8.96. The molecule has 1 aliphatic heterocycles. The summed E-state index contributed by atoms with van der Waals surface area (Å²) in [6.07, 6.45) is 4.90. The zero-order valence-electron chi connectivity index (χ0n) is 17.4. The third-order valence-electron chi connectivity index (χ3n) is 5.62. The summed E-state index contributed by atoms with van der Waals surface area (Å²) < 4.78 is 0. The topological polar surface area (TPSA) is 70.5 Å². The number of hydrogen-bond acceptors (Lipinski definition) is 4. The molecule has 0 radical (unpaired) electrons. The lowest BCUT2D eigenvalue weighted by molar-refractivity contribution is -0.118. The van der Waals surface area contributed by atoms with Crippen molar-refractivity contribution in [1.29, 1.82) is 0 Å². The summed E-state index contributed by atoms with van der Waals surface area (Å²) >= 11 is 0. The van der Waals surface area contributed by atoms with Crippen molar-refractivity contribution >= 4 is 17.4 Å². The molecule has 5 heteroatoms. The Kier molecular flexibility index (Phi) is 5.94. The maximum absolute atomic E-state index is 13.2. The van der Waals surface area contributed by atoms with Crippen LogP contribution >= 0.6 is 0 Å². The SMILES string of the molecule is CCc1ccc(N2C(=O)C(O)=C(C(=O)CCc3ccccc3)C2c2cccnc2)cc1. The van der Waals surface area contributed by atoms with Crippen LogP contribution in [0.3, 0.4) is 0 Å². The first kappa shape index (κ1) is 20.5. The van der Waals surface area contributed by atoms with E-state index in [1.54, 1.807) is 18.5 Å². The Hall–Kier alpha value is -3.73. The van der Waals surface area contributed by atoms with Gasteiger partial charge in [-0.2, -0.15) is 0 Å². The molecular formula is C26H24N2O3. The van der Waals surface area contributed by atoms with Gasteiger partial charge < -0.3 is 5.11 Å². The zero-order valence-corrected chi connectivity index (χ0v) is 17.4. The van der Waals surface area contributed by atoms with E-state index >= 15 is 0 Å². The van der Waals surface area contributed by atoms with Crippen molar-refractivity contribution in [2.45, 2.75) is 32.2 Å². The largest absolute Gasteiger partial charge is 0.503 e. The molecule has 1 N–H and O–H groups in total. The molecule has 0 aliphatic carbocycles. The number of aliphatic hydroxyl groups excluding tert-OH is 1. The highest BCUT2D eigenvalue weighted by atomic mass is 16.3. The van der Waals surface area contributed by atoms with E-state index < -0.39 is 17.7 Å². The monoisotopic (exact) mass is 412 g/mol. The minimum absolute atomic E-state index is 0.133. The van der Waals surface area contributed by atoms with Gasteiger partial charge in [0.25, 0.3) is 5.91 Å². The van der Waals surface area contributed by atoms with E-state index in [0.717, 1.165) is 17.5 Å². The number of hydrogen-bond donors (Lipinski definition) is 1. The number of ketones is 1. The van der Waals surface area contributed by atoms with E-state index in [1.165, 1.54) is 4.90 Å². The minimum Gasteiger partial charge on any atom is -0.503 e. The third kappa shape index (κ3) is 4.12. The fraction of sp³-hybridized carbons (Fsp3) is 0.192. The van der Waals surface area contributed by atoms with Crippen LogP contribution in [0.2, 0.25) is 0 Å². The lowest BCUT2D eigenvalue weighted by atomic mass is 9.94. The fourth-order valence-electron chi connectivity index (χ4n) is 3.94. The highest BCUT2D eigenvalue weighted by molar-refractivity contribution is 6.16. The number of amides is 1. The fourth-order valence-corrected chi connectivity index (χ4v) is 3.94. The van der Waals surface area contributed by atoms with Crippen LogP contribution in [-0.2, 0) is 22.4 Å². The normalized spacial score (nSPS) is 16.1. The molecule has 156 valence electrons. The van der Waals surface area contributed by atoms with E-state index in [0.29, 0.717) is 17.7 Å². The summed E-state index contributed by atoms with van der Waals surface area (Å²) in [4.78, 5) is 32.0. The molecule has 31 heavy (non-hydrogen) atoms. The molecule has 2 heterocycles. The number of nitrogens with zero attached hydrogens (tertiary/aromatic N) is 2. The van der Waals surface area contributed by atoms with E-state index in [-0.39, 0.29) is 17.8 Å². The van der Waals surface area contributed by atoms with Crippen molar-refractivity contribution in [2.75, 3.05) is 4.90 Å². The highest BCUT2D eigenvalue weighted by Gasteiger charge is 2.44. The lowest BCUT2D eigenvalue weighted by Gasteiger charge is -2.27. The van der Waals surface area contributed by atoms with Crippen molar-refractivity contribution in [2.24, 2.45) is 0 Å². The van der Waals surface area contributed by atoms with Crippen molar-refractivity contribution in [3.8, 4) is 0 Å². The maximum Gasteiger partial charge on any atom is 0.294 e. The number of Topliss-reactive ketones (excluding diaryl/α,β-unsaturated/α-hetero) is 1. The summed E-state index contributed by atoms with van der Waals surface area (Å²) in [5.41, 5.74) is 3.62. The molecule has 0 saturated carbocycles. The molecular weight excluding hydrogens is 388 g/mol. The number of benzene rings is 2. The molecule has 1 amide bonds. The van der Waals surface area contributed by atoms with Crippen LogP contribution in [0.25, 0.3) is 0 Å². The third-order valence-corrected chi connectivity index (χ3v) is 5.62. The number of rotatable bonds is 7. The van der Waals surface area contributed by atoms with Gasteiger partial charge in [0.05, 0.1) is 11.6 Å². The summed E-state index contributed by atoms with van der Waals surface area (Å²) in [5.74, 6) is -1.29. The molecule has 1 aromatic heterocycles. The molecule has 2 aromatic carbocycles. The van der Waals surface area contributed by atoms with Crippen molar-refractivity contribution in [3.05, 3.63) is 107 Å². The van der Waals surface area contributed by atoms with Gasteiger partial charge in [0.1, 0.15) is 0 Å². The van der Waals surface area contributed by atoms with Gasteiger partial charge in [-0.3, -0.25) is 19.5 Å². The van der Waals surface area contributed by atoms with Crippen LogP contribution in [0.15, 0.2) is 90.5 Å². The first-order valence-corrected chi connectivity index (χ1v) is 10.4. The van der Waals surface area contributed by atoms with Crippen LogP contribution in [0.5, 0.6) is 0 Å². The molecule has 0 saturated heterocycles. The summed E-state index contributed by atoms with van der Waals surface area (Å²) in [5, 5.41) is 10.7. The van der Waals surface area contributed by atoms with E-state index in [2.05, 4.69) is 11.9 Å². The predicted molar refractivity (Wildman–Crippen MR) is 120 cm³/mol. The Bertz CT molecular complexity index is 1110. The lowest BCUT2D eigenvalue weighted by Crippen LogP contribution is -2.31. The molecule has 3 aromatic rings. The van der Waals surface area contributed by atoms with Crippen LogP contribution in [-0.4, -0.2) is 21.8 Å². The van der Waals surface area contributed by atoms with Crippen LogP contribution < -0.4 is 4.90 Å². The van der Waals surface area contributed by atoms with Gasteiger partial charge in [-0.05, 0) is 47.7 Å². The van der Waals surface area contributed by atoms with Gasteiger partial charge in [-0.25, -0.2) is 0 Å². The Labute approximate surface area is 181 Å². The molecule has 4 rings (SSSR count).